The van der Waals surface area contributed by atoms with Gasteiger partial charge in [-0.25, -0.2) is 0 Å². The van der Waals surface area contributed by atoms with Crippen LogP contribution in [0.3, 0.4) is 0 Å². The van der Waals surface area contributed by atoms with Crippen LogP contribution in [0.4, 0.5) is 13.2 Å². The van der Waals surface area contributed by atoms with Crippen molar-refractivity contribution in [2.75, 3.05) is 13.1 Å². The van der Waals surface area contributed by atoms with E-state index in [4.69, 9.17) is 0 Å². The SMILES string of the molecule is FC(F)(F)Oc1ccccc1-c1nnc(C2CCCNC2)s1. The van der Waals surface area contributed by atoms with Gasteiger partial charge in [-0.2, -0.15) is 0 Å². The lowest BCUT2D eigenvalue weighted by atomic mass is 10.0. The van der Waals surface area contributed by atoms with E-state index in [2.05, 4.69) is 20.3 Å². The highest BCUT2D eigenvalue weighted by Gasteiger charge is 2.32. The van der Waals surface area contributed by atoms with Crippen molar-refractivity contribution in [1.29, 1.82) is 0 Å². The zero-order chi connectivity index (χ0) is 15.6. The molecule has 0 spiro atoms. The molecule has 0 amide bonds. The summed E-state index contributed by atoms with van der Waals surface area (Å²) in [5.41, 5.74) is 0.312. The Morgan fingerprint density at radius 3 is 2.77 bits per heavy atom. The first kappa shape index (κ1) is 15.2. The van der Waals surface area contributed by atoms with Crippen LogP contribution in [0.5, 0.6) is 5.75 Å². The Morgan fingerprint density at radius 2 is 2.05 bits per heavy atom. The highest BCUT2D eigenvalue weighted by molar-refractivity contribution is 7.14. The summed E-state index contributed by atoms with van der Waals surface area (Å²) in [6.45, 7) is 1.82. The number of nitrogens with one attached hydrogen (secondary N) is 1. The number of alkyl halides is 3. The van der Waals surface area contributed by atoms with Crippen molar-refractivity contribution in [3.63, 3.8) is 0 Å². The lowest BCUT2D eigenvalue weighted by molar-refractivity contribution is -0.274. The molecule has 1 N–H and O–H groups in total. The third-order valence-electron chi connectivity index (χ3n) is 3.43. The van der Waals surface area contributed by atoms with Gasteiger partial charge in [-0.05, 0) is 31.5 Å². The van der Waals surface area contributed by atoms with Crippen LogP contribution in [0, 0.1) is 0 Å². The number of para-hydroxylation sites is 1. The molecule has 4 nitrogen and oxygen atoms in total. The van der Waals surface area contributed by atoms with Crippen LogP contribution in [0.1, 0.15) is 23.8 Å². The minimum atomic E-state index is -4.73. The molecule has 1 fully saturated rings. The van der Waals surface area contributed by atoms with Crippen molar-refractivity contribution in [1.82, 2.24) is 15.5 Å². The van der Waals surface area contributed by atoms with Crippen molar-refractivity contribution in [3.05, 3.63) is 29.3 Å². The van der Waals surface area contributed by atoms with Gasteiger partial charge in [-0.15, -0.1) is 23.4 Å². The van der Waals surface area contributed by atoms with E-state index in [1.54, 1.807) is 12.1 Å². The van der Waals surface area contributed by atoms with Gasteiger partial charge in [-0.1, -0.05) is 23.5 Å². The topological polar surface area (TPSA) is 47.0 Å². The molecular weight excluding hydrogens is 315 g/mol. The molecule has 22 heavy (non-hydrogen) atoms. The van der Waals surface area contributed by atoms with Crippen molar-refractivity contribution >= 4 is 11.3 Å². The van der Waals surface area contributed by atoms with Gasteiger partial charge in [0.25, 0.3) is 0 Å². The first-order valence-electron chi connectivity index (χ1n) is 6.92. The molecule has 1 aliphatic rings. The third-order valence-corrected chi connectivity index (χ3v) is 4.55. The molecule has 2 aromatic rings. The standard InChI is InChI=1S/C14H14F3N3OS/c15-14(16,17)21-11-6-2-1-5-10(11)13-20-19-12(22-13)9-4-3-7-18-8-9/h1-2,5-6,9,18H,3-4,7-8H2. The van der Waals surface area contributed by atoms with Gasteiger partial charge >= 0.3 is 6.36 Å². The van der Waals surface area contributed by atoms with Crippen molar-refractivity contribution < 1.29 is 17.9 Å². The van der Waals surface area contributed by atoms with Crippen LogP contribution in [-0.2, 0) is 0 Å². The summed E-state index contributed by atoms with van der Waals surface area (Å²) >= 11 is 1.32. The zero-order valence-corrected chi connectivity index (χ0v) is 12.4. The van der Waals surface area contributed by atoms with E-state index in [0.29, 0.717) is 10.6 Å². The summed E-state index contributed by atoms with van der Waals surface area (Å²) in [6.07, 6.45) is -2.65. The lowest BCUT2D eigenvalue weighted by Crippen LogP contribution is -2.28. The van der Waals surface area contributed by atoms with Crippen molar-refractivity contribution in [3.8, 4) is 16.3 Å². The van der Waals surface area contributed by atoms with Gasteiger partial charge in [-0.3, -0.25) is 0 Å². The summed E-state index contributed by atoms with van der Waals surface area (Å²) in [6, 6.07) is 6.00. The van der Waals surface area contributed by atoms with Crippen LogP contribution < -0.4 is 10.1 Å². The number of piperidine rings is 1. The van der Waals surface area contributed by atoms with E-state index in [9.17, 15) is 13.2 Å². The number of aromatic nitrogens is 2. The minimum Gasteiger partial charge on any atom is -0.405 e. The first-order chi connectivity index (χ1) is 10.5. The molecule has 1 atom stereocenters. The molecule has 3 rings (SSSR count). The second-order valence-corrected chi connectivity index (χ2v) is 6.04. The molecule has 1 saturated heterocycles. The fraction of sp³-hybridized carbons (Fsp3) is 0.429. The average Bonchev–Trinajstić information content (AvgIpc) is 2.97. The van der Waals surface area contributed by atoms with Crippen molar-refractivity contribution in [2.24, 2.45) is 0 Å². The second kappa shape index (κ2) is 6.21. The summed E-state index contributed by atoms with van der Waals surface area (Å²) < 4.78 is 41.5. The van der Waals surface area contributed by atoms with Gasteiger partial charge in [0.15, 0.2) is 5.01 Å². The molecule has 0 radical (unpaired) electrons. The molecule has 8 heteroatoms. The molecule has 0 aliphatic carbocycles. The van der Waals surface area contributed by atoms with Gasteiger partial charge < -0.3 is 10.1 Å². The molecule has 1 aliphatic heterocycles. The molecule has 0 bridgehead atoms. The Labute approximate surface area is 129 Å². The third kappa shape index (κ3) is 3.56. The summed E-state index contributed by atoms with van der Waals surface area (Å²) in [4.78, 5) is 0. The quantitative estimate of drug-likeness (QED) is 0.935. The van der Waals surface area contributed by atoms with Crippen LogP contribution in [0.15, 0.2) is 24.3 Å². The average molecular weight is 329 g/mol. The fourth-order valence-electron chi connectivity index (χ4n) is 2.43. The van der Waals surface area contributed by atoms with Crippen molar-refractivity contribution in [2.45, 2.75) is 25.1 Å². The van der Waals surface area contributed by atoms with Gasteiger partial charge in [0.2, 0.25) is 0 Å². The van der Waals surface area contributed by atoms with Crippen LogP contribution >= 0.6 is 11.3 Å². The highest BCUT2D eigenvalue weighted by atomic mass is 32.1. The molecule has 2 heterocycles. The van der Waals surface area contributed by atoms with Crippen LogP contribution in [0.25, 0.3) is 10.6 Å². The first-order valence-corrected chi connectivity index (χ1v) is 7.74. The van der Waals surface area contributed by atoms with Crippen LogP contribution in [0.2, 0.25) is 0 Å². The van der Waals surface area contributed by atoms with E-state index in [1.165, 1.54) is 23.5 Å². The molecule has 1 aromatic carbocycles. The Morgan fingerprint density at radius 1 is 1.23 bits per heavy atom. The molecule has 1 aromatic heterocycles. The van der Waals surface area contributed by atoms with Gasteiger partial charge in [0.1, 0.15) is 10.8 Å². The van der Waals surface area contributed by atoms with Gasteiger partial charge in [0.05, 0.1) is 5.56 Å². The summed E-state index contributed by atoms with van der Waals surface area (Å²) in [5, 5.41) is 12.8. The lowest BCUT2D eigenvalue weighted by Gasteiger charge is -2.19. The maximum absolute atomic E-state index is 12.5. The van der Waals surface area contributed by atoms with E-state index >= 15 is 0 Å². The van der Waals surface area contributed by atoms with Crippen LogP contribution in [-0.4, -0.2) is 29.6 Å². The number of rotatable bonds is 3. The number of nitrogens with zero attached hydrogens (tertiary/aromatic N) is 2. The largest absolute Gasteiger partial charge is 0.573 e. The highest BCUT2D eigenvalue weighted by Crippen LogP contribution is 2.37. The van der Waals surface area contributed by atoms with Gasteiger partial charge in [0, 0.05) is 12.5 Å². The summed E-state index contributed by atoms with van der Waals surface area (Å²) in [5.74, 6) is 0.0233. The number of hydrogen-bond acceptors (Lipinski definition) is 5. The Hall–Kier alpha value is -1.67. The minimum absolute atomic E-state index is 0.250. The molecule has 1 unspecified atom stereocenters. The normalized spacial score (nSPS) is 19.1. The number of benzene rings is 1. The van der Waals surface area contributed by atoms with E-state index in [0.717, 1.165) is 30.9 Å². The smallest absolute Gasteiger partial charge is 0.405 e. The molecule has 0 saturated carbocycles. The maximum atomic E-state index is 12.5. The molecular formula is C14H14F3N3OS. The Bertz CT molecular complexity index is 638. The monoisotopic (exact) mass is 329 g/mol. The van der Waals surface area contributed by atoms with E-state index < -0.39 is 6.36 Å². The predicted molar refractivity (Wildman–Crippen MR) is 76.9 cm³/mol. The summed E-state index contributed by atoms with van der Waals surface area (Å²) in [7, 11) is 0. The predicted octanol–water partition coefficient (Wildman–Crippen LogP) is 3.57. The zero-order valence-electron chi connectivity index (χ0n) is 11.6. The second-order valence-electron chi connectivity index (χ2n) is 5.03. The van der Waals surface area contributed by atoms with E-state index in [-0.39, 0.29) is 11.7 Å². The fourth-order valence-corrected chi connectivity index (χ4v) is 3.44. The number of halogens is 3. The molecule has 118 valence electrons. The number of ether oxygens (including phenoxy) is 1. The maximum Gasteiger partial charge on any atom is 0.573 e. The van der Waals surface area contributed by atoms with E-state index in [1.807, 2.05) is 0 Å². The number of hydrogen-bond donors (Lipinski definition) is 1. The Kier molecular flexibility index (Phi) is 4.30. The Balaban J connectivity index is 1.87.